The van der Waals surface area contributed by atoms with Crippen molar-refractivity contribution in [1.29, 1.82) is 0 Å². The average Bonchev–Trinajstić information content (AvgIpc) is 3.11. The van der Waals surface area contributed by atoms with Gasteiger partial charge in [-0.2, -0.15) is 0 Å². The van der Waals surface area contributed by atoms with Crippen molar-refractivity contribution in [2.45, 2.75) is 6.54 Å². The molecule has 0 saturated carbocycles. The van der Waals surface area contributed by atoms with Crippen LogP contribution in [0.15, 0.2) is 53.3 Å². The molecule has 1 fully saturated rings. The Morgan fingerprint density at radius 3 is 2.70 bits per heavy atom. The van der Waals surface area contributed by atoms with E-state index in [1.54, 1.807) is 12.4 Å². The minimum atomic E-state index is -0.268. The summed E-state index contributed by atoms with van der Waals surface area (Å²) in [6.45, 7) is 4.14. The standard InChI is InChI=1S/C20H18FN5O/c21-14-5-6-17-16(11-14)20(23-13-22-17)26-9-7-25(8-10-26)12-18-15-3-1-2-4-19(15)27-24-18/h1-6,11,13H,7-10,12H2. The first-order valence-electron chi connectivity index (χ1n) is 8.99. The summed E-state index contributed by atoms with van der Waals surface area (Å²) in [5.41, 5.74) is 2.55. The molecule has 1 saturated heterocycles. The third kappa shape index (κ3) is 3.00. The molecule has 0 unspecified atom stereocenters. The number of nitrogens with zero attached hydrogens (tertiary/aromatic N) is 5. The van der Waals surface area contributed by atoms with Crippen LogP contribution in [0.4, 0.5) is 10.2 Å². The predicted molar refractivity (Wildman–Crippen MR) is 101 cm³/mol. The first-order valence-corrected chi connectivity index (χ1v) is 8.99. The highest BCUT2D eigenvalue weighted by molar-refractivity contribution is 5.89. The van der Waals surface area contributed by atoms with E-state index in [1.807, 2.05) is 24.3 Å². The summed E-state index contributed by atoms with van der Waals surface area (Å²) >= 11 is 0. The quantitative estimate of drug-likeness (QED) is 0.557. The summed E-state index contributed by atoms with van der Waals surface area (Å²) in [6, 6.07) is 12.6. The smallest absolute Gasteiger partial charge is 0.167 e. The van der Waals surface area contributed by atoms with E-state index < -0.39 is 0 Å². The Labute approximate surface area is 155 Å². The van der Waals surface area contributed by atoms with E-state index in [0.717, 1.165) is 66.1 Å². The lowest BCUT2D eigenvalue weighted by Crippen LogP contribution is -2.46. The van der Waals surface area contributed by atoms with E-state index >= 15 is 0 Å². The average molecular weight is 363 g/mol. The van der Waals surface area contributed by atoms with Crippen molar-refractivity contribution in [2.75, 3.05) is 31.1 Å². The molecule has 136 valence electrons. The summed E-state index contributed by atoms with van der Waals surface area (Å²) in [7, 11) is 0. The lowest BCUT2D eigenvalue weighted by Gasteiger charge is -2.35. The third-order valence-electron chi connectivity index (χ3n) is 5.07. The number of rotatable bonds is 3. The molecule has 7 heteroatoms. The van der Waals surface area contributed by atoms with Gasteiger partial charge in [0.25, 0.3) is 0 Å². The van der Waals surface area contributed by atoms with Crippen LogP contribution in [-0.2, 0) is 6.54 Å². The Morgan fingerprint density at radius 1 is 0.963 bits per heavy atom. The van der Waals surface area contributed by atoms with Crippen LogP contribution in [0.1, 0.15) is 5.69 Å². The van der Waals surface area contributed by atoms with Gasteiger partial charge in [0, 0.05) is 43.5 Å². The third-order valence-corrected chi connectivity index (χ3v) is 5.07. The molecule has 27 heavy (non-hydrogen) atoms. The number of piperazine rings is 1. The molecule has 4 aromatic rings. The summed E-state index contributed by atoms with van der Waals surface area (Å²) in [6.07, 6.45) is 1.55. The molecule has 0 radical (unpaired) electrons. The number of hydrogen-bond acceptors (Lipinski definition) is 6. The highest BCUT2D eigenvalue weighted by Gasteiger charge is 2.21. The summed E-state index contributed by atoms with van der Waals surface area (Å²) in [5, 5.41) is 6.05. The number of fused-ring (bicyclic) bond motifs is 2. The van der Waals surface area contributed by atoms with Crippen LogP contribution in [-0.4, -0.2) is 46.2 Å². The van der Waals surface area contributed by atoms with Crippen molar-refractivity contribution in [3.63, 3.8) is 0 Å². The van der Waals surface area contributed by atoms with Gasteiger partial charge in [0.05, 0.1) is 5.52 Å². The topological polar surface area (TPSA) is 58.3 Å². The molecular formula is C20H18FN5O. The van der Waals surface area contributed by atoms with Gasteiger partial charge >= 0.3 is 0 Å². The van der Waals surface area contributed by atoms with Gasteiger partial charge in [-0.3, -0.25) is 4.90 Å². The van der Waals surface area contributed by atoms with Gasteiger partial charge in [0.2, 0.25) is 0 Å². The second-order valence-electron chi connectivity index (χ2n) is 6.75. The fourth-order valence-electron chi connectivity index (χ4n) is 3.65. The maximum atomic E-state index is 13.7. The van der Waals surface area contributed by atoms with Crippen LogP contribution in [0.5, 0.6) is 0 Å². The van der Waals surface area contributed by atoms with Gasteiger partial charge in [0.1, 0.15) is 23.7 Å². The summed E-state index contributed by atoms with van der Waals surface area (Å²) in [5.74, 6) is 0.529. The fourth-order valence-corrected chi connectivity index (χ4v) is 3.65. The fraction of sp³-hybridized carbons (Fsp3) is 0.250. The number of anilines is 1. The Morgan fingerprint density at radius 2 is 1.81 bits per heavy atom. The van der Waals surface area contributed by atoms with Crippen LogP contribution < -0.4 is 4.90 Å². The lowest BCUT2D eigenvalue weighted by atomic mass is 10.2. The molecular weight excluding hydrogens is 345 g/mol. The normalized spacial score (nSPS) is 15.7. The zero-order chi connectivity index (χ0) is 18.2. The van der Waals surface area contributed by atoms with Crippen molar-refractivity contribution >= 4 is 27.7 Å². The Bertz CT molecular complexity index is 1100. The van der Waals surface area contributed by atoms with Crippen molar-refractivity contribution in [1.82, 2.24) is 20.0 Å². The molecule has 0 N–H and O–H groups in total. The SMILES string of the molecule is Fc1ccc2ncnc(N3CCN(Cc4noc5ccccc45)CC3)c2c1. The van der Waals surface area contributed by atoms with E-state index in [-0.39, 0.29) is 5.82 Å². The Hall–Kier alpha value is -3.06. The zero-order valence-electron chi connectivity index (χ0n) is 14.7. The number of hydrogen-bond donors (Lipinski definition) is 0. The van der Waals surface area contributed by atoms with E-state index in [2.05, 4.69) is 24.9 Å². The summed E-state index contributed by atoms with van der Waals surface area (Å²) < 4.78 is 19.1. The molecule has 0 bridgehead atoms. The van der Waals surface area contributed by atoms with Crippen molar-refractivity contribution < 1.29 is 8.91 Å². The van der Waals surface area contributed by atoms with Gasteiger partial charge in [-0.05, 0) is 30.3 Å². The van der Waals surface area contributed by atoms with Gasteiger partial charge < -0.3 is 9.42 Å². The van der Waals surface area contributed by atoms with Gasteiger partial charge in [0.15, 0.2) is 5.58 Å². The van der Waals surface area contributed by atoms with E-state index in [0.29, 0.717) is 0 Å². The predicted octanol–water partition coefficient (Wildman–Crippen LogP) is 3.23. The lowest BCUT2D eigenvalue weighted by molar-refractivity contribution is 0.243. The second-order valence-corrected chi connectivity index (χ2v) is 6.75. The maximum absolute atomic E-state index is 13.7. The molecule has 5 rings (SSSR count). The van der Waals surface area contributed by atoms with Crippen LogP contribution in [0, 0.1) is 5.82 Å². The highest BCUT2D eigenvalue weighted by Crippen LogP contribution is 2.25. The Kier molecular flexibility index (Phi) is 3.94. The second kappa shape index (κ2) is 6.59. The van der Waals surface area contributed by atoms with Crippen molar-refractivity contribution in [3.05, 3.63) is 60.3 Å². The van der Waals surface area contributed by atoms with Gasteiger partial charge in [-0.1, -0.05) is 17.3 Å². The molecule has 1 aliphatic rings. The van der Waals surface area contributed by atoms with E-state index in [9.17, 15) is 4.39 Å². The molecule has 0 aliphatic carbocycles. The molecule has 3 heterocycles. The maximum Gasteiger partial charge on any atom is 0.167 e. The molecule has 6 nitrogen and oxygen atoms in total. The van der Waals surface area contributed by atoms with E-state index in [1.165, 1.54) is 12.1 Å². The molecule has 0 amide bonds. The number of benzene rings is 2. The van der Waals surface area contributed by atoms with Crippen molar-refractivity contribution in [3.8, 4) is 0 Å². The zero-order valence-corrected chi connectivity index (χ0v) is 14.7. The number of halogens is 1. The molecule has 0 atom stereocenters. The molecule has 2 aromatic carbocycles. The first-order chi connectivity index (χ1) is 13.3. The van der Waals surface area contributed by atoms with Crippen LogP contribution in [0.2, 0.25) is 0 Å². The summed E-state index contributed by atoms with van der Waals surface area (Å²) in [4.78, 5) is 13.2. The molecule has 1 aliphatic heterocycles. The van der Waals surface area contributed by atoms with Crippen LogP contribution in [0.25, 0.3) is 21.9 Å². The van der Waals surface area contributed by atoms with Crippen LogP contribution >= 0.6 is 0 Å². The van der Waals surface area contributed by atoms with Crippen LogP contribution in [0.3, 0.4) is 0 Å². The van der Waals surface area contributed by atoms with E-state index in [4.69, 9.17) is 4.52 Å². The molecule has 2 aromatic heterocycles. The van der Waals surface area contributed by atoms with Crippen molar-refractivity contribution in [2.24, 2.45) is 0 Å². The minimum absolute atomic E-state index is 0.268. The highest BCUT2D eigenvalue weighted by atomic mass is 19.1. The number of aromatic nitrogens is 3. The number of para-hydroxylation sites is 1. The molecule has 0 spiro atoms. The Balaban J connectivity index is 1.33. The van der Waals surface area contributed by atoms with Gasteiger partial charge in [-0.25, -0.2) is 14.4 Å². The van der Waals surface area contributed by atoms with Gasteiger partial charge in [-0.15, -0.1) is 0 Å². The first kappa shape index (κ1) is 16.1. The largest absolute Gasteiger partial charge is 0.356 e. The monoisotopic (exact) mass is 363 g/mol. The minimum Gasteiger partial charge on any atom is -0.356 e.